The minimum atomic E-state index is 0.625. The number of halogens is 4. The number of hydrogen-bond acceptors (Lipinski definition) is 10. The molecule has 0 unspecified atom stereocenters. The lowest BCUT2D eigenvalue weighted by Crippen LogP contribution is -2.04. The molecular formula is C110H70Br4N14. The van der Waals surface area contributed by atoms with Gasteiger partial charge in [-0.3, -0.25) is 29.1 Å². The summed E-state index contributed by atoms with van der Waals surface area (Å²) in [6.45, 7) is 0. The predicted molar refractivity (Wildman–Crippen MR) is 535 cm³/mol. The molecule has 0 aliphatic heterocycles. The lowest BCUT2D eigenvalue weighted by molar-refractivity contribution is 0.994. The molecule has 0 spiro atoms. The number of benzene rings is 12. The Morgan fingerprint density at radius 2 is 0.523 bits per heavy atom. The van der Waals surface area contributed by atoms with Gasteiger partial charge in [0.1, 0.15) is 5.82 Å². The third kappa shape index (κ3) is 15.9. The molecule has 0 saturated carbocycles. The Morgan fingerprint density at radius 3 is 0.930 bits per heavy atom. The van der Waals surface area contributed by atoms with Gasteiger partial charge in [0.2, 0.25) is 5.95 Å². The van der Waals surface area contributed by atoms with Gasteiger partial charge in [-0.1, -0.05) is 306 Å². The average Bonchev–Trinajstić information content (AvgIpc) is 1.60. The quantitative estimate of drug-likeness (QED) is 0.116. The van der Waals surface area contributed by atoms with E-state index in [1.54, 1.807) is 0 Å². The van der Waals surface area contributed by atoms with Crippen LogP contribution in [0.1, 0.15) is 0 Å². The van der Waals surface area contributed by atoms with Crippen molar-refractivity contribution in [2.24, 2.45) is 0 Å². The largest absolute Gasteiger partial charge is 0.307 e. The monoisotopic (exact) mass is 1900 g/mol. The molecule has 18 heteroatoms. The predicted octanol–water partition coefficient (Wildman–Crippen LogP) is 29.5. The van der Waals surface area contributed by atoms with Gasteiger partial charge in [0, 0.05) is 103 Å². The Morgan fingerprint density at radius 1 is 0.203 bits per heavy atom. The van der Waals surface area contributed by atoms with Crippen molar-refractivity contribution in [3.63, 3.8) is 0 Å². The van der Waals surface area contributed by atoms with E-state index in [4.69, 9.17) is 34.9 Å². The second-order valence-electron chi connectivity index (χ2n) is 30.5. The van der Waals surface area contributed by atoms with Crippen molar-refractivity contribution in [3.8, 4) is 113 Å². The number of hydrogen-bond donors (Lipinski definition) is 0. The van der Waals surface area contributed by atoms with Gasteiger partial charge < -0.3 is 9.13 Å². The van der Waals surface area contributed by atoms with Crippen molar-refractivity contribution >= 4 is 151 Å². The van der Waals surface area contributed by atoms with Crippen LogP contribution < -0.4 is 0 Å². The third-order valence-corrected chi connectivity index (χ3v) is 24.5. The second kappa shape index (κ2) is 35.5. The van der Waals surface area contributed by atoms with Crippen molar-refractivity contribution in [1.29, 1.82) is 0 Å². The molecule has 0 aliphatic carbocycles. The summed E-state index contributed by atoms with van der Waals surface area (Å²) in [5, 5.41) is 4.36. The summed E-state index contributed by atoms with van der Waals surface area (Å²) in [6, 6.07) is 134. The highest BCUT2D eigenvalue weighted by molar-refractivity contribution is 9.11. The van der Waals surface area contributed by atoms with Gasteiger partial charge in [0.25, 0.3) is 0 Å². The van der Waals surface area contributed by atoms with Crippen molar-refractivity contribution in [1.82, 2.24) is 68.1 Å². The molecule has 0 aliphatic rings. The highest BCUT2D eigenvalue weighted by atomic mass is 79.9. The van der Waals surface area contributed by atoms with Gasteiger partial charge in [-0.05, 0) is 163 Å². The summed E-state index contributed by atoms with van der Waals surface area (Å²) >= 11 is 14.4. The second-order valence-corrected chi connectivity index (χ2v) is 34.1. The normalized spacial score (nSPS) is 11.3. The molecule has 0 amide bonds. The van der Waals surface area contributed by atoms with Crippen molar-refractivity contribution in [3.05, 3.63) is 443 Å². The van der Waals surface area contributed by atoms with Gasteiger partial charge in [-0.15, -0.1) is 0 Å². The van der Waals surface area contributed by atoms with E-state index in [9.17, 15) is 0 Å². The molecule has 12 aromatic heterocycles. The summed E-state index contributed by atoms with van der Waals surface area (Å²) in [5.41, 5.74) is 29.4. The minimum absolute atomic E-state index is 0.625. The number of pyridine rings is 6. The zero-order valence-corrected chi connectivity index (χ0v) is 74.5. The fourth-order valence-electron chi connectivity index (χ4n) is 16.7. The van der Waals surface area contributed by atoms with Gasteiger partial charge in [0.15, 0.2) is 5.82 Å². The fraction of sp³-hybridized carbons (Fsp3) is 0. The number of nitrogens with zero attached hydrogens (tertiary/aromatic N) is 14. The van der Waals surface area contributed by atoms with E-state index in [0.29, 0.717) is 11.8 Å². The van der Waals surface area contributed by atoms with Crippen LogP contribution in [-0.4, -0.2) is 68.1 Å². The van der Waals surface area contributed by atoms with E-state index in [0.717, 1.165) is 207 Å². The summed E-state index contributed by atoms with van der Waals surface area (Å²) < 4.78 is 12.9. The number of fused-ring (bicyclic) bond motifs is 12. The maximum Gasteiger partial charge on any atom is 0.235 e. The summed E-state index contributed by atoms with van der Waals surface area (Å²) in [5.74, 6) is 2.20. The molecule has 0 fully saturated rings. The van der Waals surface area contributed by atoms with Gasteiger partial charge in [0.05, 0.1) is 118 Å². The summed E-state index contributed by atoms with van der Waals surface area (Å²) in [6.07, 6.45) is 9.27. The van der Waals surface area contributed by atoms with Crippen LogP contribution in [0.25, 0.3) is 201 Å². The molecule has 12 heterocycles. The first kappa shape index (κ1) is 80.0. The molecule has 608 valence electrons. The first-order valence-corrected chi connectivity index (χ1v) is 44.7. The van der Waals surface area contributed by atoms with E-state index in [2.05, 4.69) is 315 Å². The number of aromatic nitrogens is 14. The Hall–Kier alpha value is -15.2. The molecule has 0 saturated heterocycles. The zero-order chi connectivity index (χ0) is 86.0. The molecule has 128 heavy (non-hydrogen) atoms. The third-order valence-electron chi connectivity index (χ3n) is 22.5. The summed E-state index contributed by atoms with van der Waals surface area (Å²) in [4.78, 5) is 48.7. The molecule has 0 N–H and O–H groups in total. The van der Waals surface area contributed by atoms with Crippen LogP contribution in [0, 0.1) is 0 Å². The fourth-order valence-corrected chi connectivity index (χ4v) is 18.1. The molecule has 24 aromatic rings. The van der Waals surface area contributed by atoms with Crippen LogP contribution in [-0.2, 0) is 0 Å². The standard InChI is InChI=1S/2C28H18BrN3.2C27H17BrN4/c29-22-13-14-25-23(18-22)28-26(12-7-15-30-28)32(25)27-17-21(19-8-3-1-4-9-19)16-24(31-27)20-10-5-2-6-11-20;29-21-13-14-26-23(16-21)28-27(12-7-15-30-28)32(26)22-17-24(19-8-3-1-4-9-19)31-25(18-22)20-10-5-2-6-11-20;28-20-13-14-24-21(16-20)26-25(12-7-15-29-26)32(24)27-30-22(18-8-3-1-4-9-18)17-23(31-27)19-10-5-2-6-11-19;28-20-13-14-22-21(16-20)26-23(12-7-15-29-26)32(22)24-17-30-27(19-10-5-2-6-11-19)31-25(24)18-8-3-1-4-9-18/h2*1-18H;2*1-17H. The molecule has 0 atom stereocenters. The lowest BCUT2D eigenvalue weighted by atomic mass is 10.0. The van der Waals surface area contributed by atoms with E-state index >= 15 is 0 Å². The molecule has 24 rings (SSSR count). The highest BCUT2D eigenvalue weighted by Crippen LogP contribution is 2.42. The van der Waals surface area contributed by atoms with Crippen LogP contribution >= 0.6 is 63.7 Å². The molecule has 0 bridgehead atoms. The Labute approximate surface area is 769 Å². The van der Waals surface area contributed by atoms with E-state index in [1.165, 1.54) is 0 Å². The van der Waals surface area contributed by atoms with Crippen LogP contribution in [0.5, 0.6) is 0 Å². The van der Waals surface area contributed by atoms with E-state index in [1.807, 2.05) is 207 Å². The maximum atomic E-state index is 5.12. The first-order valence-electron chi connectivity index (χ1n) is 41.6. The first-order chi connectivity index (χ1) is 63.1. The van der Waals surface area contributed by atoms with Gasteiger partial charge in [-0.2, -0.15) is 0 Å². The molecule has 14 nitrogen and oxygen atoms in total. The minimum Gasteiger partial charge on any atom is -0.307 e. The van der Waals surface area contributed by atoms with E-state index in [-0.39, 0.29) is 0 Å². The Balaban J connectivity index is 0.000000104. The smallest absolute Gasteiger partial charge is 0.235 e. The highest BCUT2D eigenvalue weighted by Gasteiger charge is 2.24. The zero-order valence-electron chi connectivity index (χ0n) is 68.2. The van der Waals surface area contributed by atoms with Crippen LogP contribution in [0.3, 0.4) is 0 Å². The summed E-state index contributed by atoms with van der Waals surface area (Å²) in [7, 11) is 0. The van der Waals surface area contributed by atoms with Crippen molar-refractivity contribution < 1.29 is 0 Å². The van der Waals surface area contributed by atoms with Crippen LogP contribution in [0.4, 0.5) is 0 Å². The van der Waals surface area contributed by atoms with Gasteiger partial charge in [-0.25, -0.2) is 29.9 Å². The topological polar surface area (TPSA) is 149 Å². The van der Waals surface area contributed by atoms with Crippen LogP contribution in [0.15, 0.2) is 443 Å². The van der Waals surface area contributed by atoms with Crippen LogP contribution in [0.2, 0.25) is 0 Å². The maximum absolute atomic E-state index is 5.12. The van der Waals surface area contributed by atoms with Crippen molar-refractivity contribution in [2.75, 3.05) is 0 Å². The molecule has 12 aromatic carbocycles. The molecular weight excluding hydrogens is 1840 g/mol. The Bertz CT molecular complexity index is 7480. The van der Waals surface area contributed by atoms with E-state index < -0.39 is 0 Å². The van der Waals surface area contributed by atoms with Gasteiger partial charge >= 0.3 is 0 Å². The molecule has 0 radical (unpaired) electrons. The average molecular weight is 1910 g/mol. The van der Waals surface area contributed by atoms with Crippen molar-refractivity contribution in [2.45, 2.75) is 0 Å². The Kier molecular flexibility index (Phi) is 22.1. The SMILES string of the molecule is Brc1ccc2c(c1)c1ncccc1n2-c1cc(-c2ccccc2)cc(-c2ccccc2)n1.Brc1ccc2c(c1)c1ncccc1n2-c1cc(-c2ccccc2)nc(-c2ccccc2)c1.Brc1ccc2c(c1)c1ncccc1n2-c1cnc(-c2ccccc2)nc1-c1ccccc1.Brc1ccc2c(c1)c1ncccc1n2-c1nc(-c2ccccc2)cc(-c2ccccc2)n1. The lowest BCUT2D eigenvalue weighted by Gasteiger charge is -2.14. The number of rotatable bonds is 12.